The smallest absolute Gasteiger partial charge is 0.335 e. The number of benzene rings is 1. The number of piperazine rings is 1. The van der Waals surface area contributed by atoms with E-state index in [0.29, 0.717) is 6.04 Å². The molecule has 5 heteroatoms. The average molecular weight is 286 g/mol. The van der Waals surface area contributed by atoms with Gasteiger partial charge in [-0.25, -0.2) is 4.79 Å². The number of rotatable bonds is 3. The highest BCUT2D eigenvalue weighted by Crippen LogP contribution is 2.20. The molecule has 1 aromatic rings. The second-order valence-corrected chi connectivity index (χ2v) is 5.54. The molecule has 2 fully saturated rings. The van der Waals surface area contributed by atoms with Crippen molar-refractivity contribution in [1.29, 1.82) is 0 Å². The van der Waals surface area contributed by atoms with Crippen molar-refractivity contribution >= 4 is 18.0 Å². The Kier molecular flexibility index (Phi) is 3.75. The van der Waals surface area contributed by atoms with E-state index in [4.69, 9.17) is 5.11 Å². The number of carbonyl (C=O) groups is 2. The Labute approximate surface area is 123 Å². The van der Waals surface area contributed by atoms with E-state index in [0.717, 1.165) is 38.2 Å². The number of amides is 1. The molecule has 0 spiro atoms. The number of fused-ring (bicyclic) bond motifs is 2. The highest BCUT2D eigenvalue weighted by atomic mass is 16.4. The summed E-state index contributed by atoms with van der Waals surface area (Å²) in [6.07, 6.45) is 4.39. The Morgan fingerprint density at radius 3 is 2.62 bits per heavy atom. The van der Waals surface area contributed by atoms with Gasteiger partial charge in [-0.1, -0.05) is 12.1 Å². The topological polar surface area (TPSA) is 60.9 Å². The lowest BCUT2D eigenvalue weighted by Crippen LogP contribution is -2.48. The SMILES string of the molecule is O=C(O)c1ccc(/C=C/C(=O)N2CCN3CCC2C3)cc1. The van der Waals surface area contributed by atoms with Gasteiger partial charge in [0.1, 0.15) is 0 Å². The van der Waals surface area contributed by atoms with Crippen molar-refractivity contribution in [2.24, 2.45) is 0 Å². The summed E-state index contributed by atoms with van der Waals surface area (Å²) in [4.78, 5) is 27.4. The zero-order valence-electron chi connectivity index (χ0n) is 11.7. The summed E-state index contributed by atoms with van der Waals surface area (Å²) in [5.74, 6) is -0.899. The molecular formula is C16H18N2O3. The fourth-order valence-electron chi connectivity index (χ4n) is 2.99. The van der Waals surface area contributed by atoms with Crippen LogP contribution in [0.5, 0.6) is 0 Å². The molecule has 21 heavy (non-hydrogen) atoms. The zero-order valence-corrected chi connectivity index (χ0v) is 11.7. The molecule has 2 atom stereocenters. The molecule has 2 aliphatic rings. The van der Waals surface area contributed by atoms with Gasteiger partial charge in [-0.15, -0.1) is 0 Å². The minimum absolute atomic E-state index is 0.0452. The molecule has 2 heterocycles. The summed E-state index contributed by atoms with van der Waals surface area (Å²) in [7, 11) is 0. The van der Waals surface area contributed by atoms with Crippen LogP contribution >= 0.6 is 0 Å². The normalized spacial score (nSPS) is 24.5. The second kappa shape index (κ2) is 5.69. The average Bonchev–Trinajstić information content (AvgIpc) is 2.86. The van der Waals surface area contributed by atoms with Gasteiger partial charge in [-0.05, 0) is 30.2 Å². The monoisotopic (exact) mass is 286 g/mol. The standard InChI is InChI=1S/C16H18N2O3/c19-15(18-10-9-17-8-7-14(18)11-17)6-3-12-1-4-13(5-2-12)16(20)21/h1-6,14H,7-11H2,(H,20,21)/b6-3+. The summed E-state index contributed by atoms with van der Waals surface area (Å²) in [5.41, 5.74) is 1.08. The van der Waals surface area contributed by atoms with E-state index in [-0.39, 0.29) is 11.5 Å². The van der Waals surface area contributed by atoms with Crippen molar-refractivity contribution in [1.82, 2.24) is 9.80 Å². The first-order chi connectivity index (χ1) is 10.1. The van der Waals surface area contributed by atoms with E-state index >= 15 is 0 Å². The molecule has 2 saturated heterocycles. The summed E-state index contributed by atoms with van der Waals surface area (Å²) in [6, 6.07) is 6.86. The van der Waals surface area contributed by atoms with E-state index in [9.17, 15) is 9.59 Å². The van der Waals surface area contributed by atoms with Gasteiger partial charge in [0, 0.05) is 38.3 Å². The van der Waals surface area contributed by atoms with Crippen molar-refractivity contribution in [2.75, 3.05) is 26.2 Å². The molecule has 0 aliphatic carbocycles. The number of carboxylic acids is 1. The third kappa shape index (κ3) is 2.97. The molecular weight excluding hydrogens is 268 g/mol. The third-order valence-corrected chi connectivity index (χ3v) is 4.20. The van der Waals surface area contributed by atoms with Gasteiger partial charge >= 0.3 is 5.97 Å². The fourth-order valence-corrected chi connectivity index (χ4v) is 2.99. The lowest BCUT2D eigenvalue weighted by atomic mass is 10.1. The van der Waals surface area contributed by atoms with Gasteiger partial charge in [0.15, 0.2) is 0 Å². The van der Waals surface area contributed by atoms with Crippen molar-refractivity contribution in [3.8, 4) is 0 Å². The lowest BCUT2D eigenvalue weighted by Gasteiger charge is -2.33. The predicted molar refractivity (Wildman–Crippen MR) is 79.0 cm³/mol. The number of aromatic carboxylic acids is 1. The molecule has 2 bridgehead atoms. The van der Waals surface area contributed by atoms with Gasteiger partial charge in [-0.2, -0.15) is 0 Å². The molecule has 2 unspecified atom stereocenters. The van der Waals surface area contributed by atoms with Gasteiger partial charge in [0.05, 0.1) is 5.56 Å². The summed E-state index contributed by atoms with van der Waals surface area (Å²) < 4.78 is 0. The van der Waals surface area contributed by atoms with E-state index < -0.39 is 5.97 Å². The van der Waals surface area contributed by atoms with Crippen LogP contribution in [0.15, 0.2) is 30.3 Å². The summed E-state index contributed by atoms with van der Waals surface area (Å²) >= 11 is 0. The number of carbonyl (C=O) groups excluding carboxylic acids is 1. The second-order valence-electron chi connectivity index (χ2n) is 5.54. The van der Waals surface area contributed by atoms with Gasteiger partial charge < -0.3 is 10.0 Å². The highest BCUT2D eigenvalue weighted by Gasteiger charge is 2.34. The Morgan fingerprint density at radius 2 is 1.90 bits per heavy atom. The maximum atomic E-state index is 12.3. The van der Waals surface area contributed by atoms with Gasteiger partial charge in [0.2, 0.25) is 5.91 Å². The van der Waals surface area contributed by atoms with E-state index in [1.54, 1.807) is 36.4 Å². The fraction of sp³-hybridized carbons (Fsp3) is 0.375. The van der Waals surface area contributed by atoms with Crippen LogP contribution in [0.3, 0.4) is 0 Å². The number of carboxylic acid groups (broad SMARTS) is 1. The Bertz CT molecular complexity index is 580. The van der Waals surface area contributed by atoms with Crippen molar-refractivity contribution < 1.29 is 14.7 Å². The quantitative estimate of drug-likeness (QED) is 0.851. The molecule has 0 radical (unpaired) electrons. The molecule has 0 saturated carbocycles. The maximum Gasteiger partial charge on any atom is 0.335 e. The molecule has 1 N–H and O–H groups in total. The highest BCUT2D eigenvalue weighted by molar-refractivity contribution is 5.92. The van der Waals surface area contributed by atoms with Crippen LogP contribution in [0.2, 0.25) is 0 Å². The van der Waals surface area contributed by atoms with E-state index in [2.05, 4.69) is 4.90 Å². The summed E-state index contributed by atoms with van der Waals surface area (Å²) in [6.45, 7) is 3.84. The first kappa shape index (κ1) is 13.8. The van der Waals surface area contributed by atoms with Crippen LogP contribution in [-0.4, -0.2) is 59.0 Å². The van der Waals surface area contributed by atoms with Crippen LogP contribution in [0.25, 0.3) is 6.08 Å². The maximum absolute atomic E-state index is 12.3. The largest absolute Gasteiger partial charge is 0.478 e. The zero-order chi connectivity index (χ0) is 14.8. The molecule has 5 nitrogen and oxygen atoms in total. The minimum Gasteiger partial charge on any atom is -0.478 e. The molecule has 110 valence electrons. The molecule has 0 aromatic heterocycles. The van der Waals surface area contributed by atoms with Crippen LogP contribution in [-0.2, 0) is 4.79 Å². The Balaban J connectivity index is 1.65. The molecule has 3 rings (SSSR count). The van der Waals surface area contributed by atoms with Crippen molar-refractivity contribution in [2.45, 2.75) is 12.5 Å². The molecule has 1 amide bonds. The minimum atomic E-state index is -0.944. The Hall–Kier alpha value is -2.14. The third-order valence-electron chi connectivity index (χ3n) is 4.20. The molecule has 2 aliphatic heterocycles. The lowest BCUT2D eigenvalue weighted by molar-refractivity contribution is -0.129. The predicted octanol–water partition coefficient (Wildman–Crippen LogP) is 1.31. The summed E-state index contributed by atoms with van der Waals surface area (Å²) in [5, 5.41) is 8.84. The number of hydrogen-bond donors (Lipinski definition) is 1. The first-order valence-electron chi connectivity index (χ1n) is 7.18. The van der Waals surface area contributed by atoms with Crippen LogP contribution < -0.4 is 0 Å². The Morgan fingerprint density at radius 1 is 1.14 bits per heavy atom. The van der Waals surface area contributed by atoms with Crippen LogP contribution in [0.4, 0.5) is 0 Å². The van der Waals surface area contributed by atoms with Crippen molar-refractivity contribution in [3.05, 3.63) is 41.5 Å². The first-order valence-corrected chi connectivity index (χ1v) is 7.18. The van der Waals surface area contributed by atoms with E-state index in [1.165, 1.54) is 0 Å². The van der Waals surface area contributed by atoms with Gasteiger partial charge in [-0.3, -0.25) is 9.69 Å². The van der Waals surface area contributed by atoms with Crippen LogP contribution in [0.1, 0.15) is 22.3 Å². The van der Waals surface area contributed by atoms with E-state index in [1.807, 2.05) is 4.90 Å². The molecule has 1 aromatic carbocycles. The van der Waals surface area contributed by atoms with Gasteiger partial charge in [0.25, 0.3) is 0 Å². The number of nitrogens with zero attached hydrogens (tertiary/aromatic N) is 2. The van der Waals surface area contributed by atoms with Crippen LogP contribution in [0, 0.1) is 0 Å². The van der Waals surface area contributed by atoms with Crippen molar-refractivity contribution in [3.63, 3.8) is 0 Å². The number of hydrogen-bond acceptors (Lipinski definition) is 3.